The summed E-state index contributed by atoms with van der Waals surface area (Å²) in [6.45, 7) is 1.66. The van der Waals surface area contributed by atoms with Crippen LogP contribution in [0.2, 0.25) is 10.0 Å². The lowest BCUT2D eigenvalue weighted by Crippen LogP contribution is -2.35. The molecular weight excluding hydrogens is 338 g/mol. The van der Waals surface area contributed by atoms with E-state index in [0.717, 1.165) is 4.68 Å². The molecule has 0 unspecified atom stereocenters. The molecule has 0 saturated carbocycles. The maximum absolute atomic E-state index is 13.3. The van der Waals surface area contributed by atoms with Crippen LogP contribution in [0.4, 0.5) is 19.0 Å². The third-order valence-electron chi connectivity index (χ3n) is 3.66. The van der Waals surface area contributed by atoms with E-state index in [1.807, 2.05) is 0 Å². The first kappa shape index (κ1) is 15.5. The normalized spacial score (nSPS) is 21.4. The second-order valence-corrected chi connectivity index (χ2v) is 6.09. The van der Waals surface area contributed by atoms with E-state index in [-0.39, 0.29) is 6.42 Å². The molecule has 118 valence electrons. The maximum Gasteiger partial charge on any atom is 0.410 e. The Kier molecular flexibility index (Phi) is 3.77. The highest BCUT2D eigenvalue weighted by Gasteiger charge is 2.46. The van der Waals surface area contributed by atoms with E-state index >= 15 is 0 Å². The number of fused-ring (bicyclic) bond motifs is 1. The predicted molar refractivity (Wildman–Crippen MR) is 79.5 cm³/mol. The first-order chi connectivity index (χ1) is 10.3. The number of aromatic nitrogens is 2. The minimum Gasteiger partial charge on any atom is -0.363 e. The number of benzene rings is 1. The first-order valence-corrected chi connectivity index (χ1v) is 7.35. The van der Waals surface area contributed by atoms with Gasteiger partial charge in [0.15, 0.2) is 6.04 Å². The van der Waals surface area contributed by atoms with Crippen molar-refractivity contribution in [2.75, 3.05) is 5.32 Å². The minimum absolute atomic E-state index is 0.157. The molecule has 0 fully saturated rings. The zero-order chi connectivity index (χ0) is 16.1. The standard InChI is InChI=1S/C14H12Cl2F3N3/c1-7-4-13-20-11(8-2-3-9(15)10(16)5-8)6-12(14(17,18)19)22(13)21-7/h2-5,11-12,20H,6H2,1H3/t11-,12-/m0/s1. The Bertz CT molecular complexity index is 712. The van der Waals surface area contributed by atoms with Crippen molar-refractivity contribution >= 4 is 29.0 Å². The smallest absolute Gasteiger partial charge is 0.363 e. The van der Waals surface area contributed by atoms with Gasteiger partial charge >= 0.3 is 6.18 Å². The molecule has 2 aromatic rings. The highest BCUT2D eigenvalue weighted by molar-refractivity contribution is 6.42. The van der Waals surface area contributed by atoms with Gasteiger partial charge in [-0.25, -0.2) is 4.68 Å². The van der Waals surface area contributed by atoms with Gasteiger partial charge in [-0.05, 0) is 24.6 Å². The van der Waals surface area contributed by atoms with Crippen LogP contribution in [0.15, 0.2) is 24.3 Å². The monoisotopic (exact) mass is 349 g/mol. The van der Waals surface area contributed by atoms with Crippen molar-refractivity contribution < 1.29 is 13.2 Å². The molecule has 1 N–H and O–H groups in total. The van der Waals surface area contributed by atoms with Crippen LogP contribution in [0.25, 0.3) is 0 Å². The van der Waals surface area contributed by atoms with Crippen LogP contribution < -0.4 is 5.32 Å². The van der Waals surface area contributed by atoms with Crippen LogP contribution in [0.3, 0.4) is 0 Å². The number of halogens is 5. The average Bonchev–Trinajstić information content (AvgIpc) is 2.79. The third-order valence-corrected chi connectivity index (χ3v) is 4.40. The third kappa shape index (κ3) is 2.77. The number of hydrogen-bond acceptors (Lipinski definition) is 2. The molecule has 0 amide bonds. The quantitative estimate of drug-likeness (QED) is 0.770. The molecule has 0 bridgehead atoms. The zero-order valence-electron chi connectivity index (χ0n) is 11.5. The second kappa shape index (κ2) is 5.35. The Hall–Kier alpha value is -1.40. The summed E-state index contributed by atoms with van der Waals surface area (Å²) < 4.78 is 41.0. The molecule has 3 rings (SSSR count). The number of rotatable bonds is 1. The summed E-state index contributed by atoms with van der Waals surface area (Å²) in [7, 11) is 0. The van der Waals surface area contributed by atoms with Gasteiger partial charge in [0.25, 0.3) is 0 Å². The maximum atomic E-state index is 13.3. The van der Waals surface area contributed by atoms with Gasteiger partial charge in [-0.2, -0.15) is 18.3 Å². The van der Waals surface area contributed by atoms with Gasteiger partial charge in [-0.1, -0.05) is 29.3 Å². The Morgan fingerprint density at radius 1 is 1.23 bits per heavy atom. The van der Waals surface area contributed by atoms with Crippen LogP contribution in [0.1, 0.15) is 29.8 Å². The molecule has 1 aliphatic rings. The number of nitrogens with zero attached hydrogens (tertiary/aromatic N) is 2. The molecule has 22 heavy (non-hydrogen) atoms. The Labute approximate surface area is 135 Å². The summed E-state index contributed by atoms with van der Waals surface area (Å²) >= 11 is 11.8. The van der Waals surface area contributed by atoms with Gasteiger partial charge in [-0.15, -0.1) is 0 Å². The lowest BCUT2D eigenvalue weighted by atomic mass is 9.97. The van der Waals surface area contributed by atoms with Crippen molar-refractivity contribution in [3.8, 4) is 0 Å². The molecule has 0 spiro atoms. The predicted octanol–water partition coefficient (Wildman–Crippen LogP) is 5.16. The van der Waals surface area contributed by atoms with E-state index in [2.05, 4.69) is 10.4 Å². The largest absolute Gasteiger partial charge is 0.410 e. The van der Waals surface area contributed by atoms with Crippen LogP contribution in [0.5, 0.6) is 0 Å². The van der Waals surface area contributed by atoms with Crippen molar-refractivity contribution in [2.45, 2.75) is 31.6 Å². The molecule has 2 heterocycles. The molecule has 1 aromatic heterocycles. The Balaban J connectivity index is 2.00. The molecule has 1 aliphatic heterocycles. The van der Waals surface area contributed by atoms with Crippen molar-refractivity contribution in [3.63, 3.8) is 0 Å². The highest BCUT2D eigenvalue weighted by Crippen LogP contribution is 2.44. The molecule has 3 nitrogen and oxygen atoms in total. The van der Waals surface area contributed by atoms with Crippen molar-refractivity contribution in [1.82, 2.24) is 9.78 Å². The molecule has 0 radical (unpaired) electrons. The van der Waals surface area contributed by atoms with Crippen molar-refractivity contribution in [2.24, 2.45) is 0 Å². The number of alkyl halides is 3. The summed E-state index contributed by atoms with van der Waals surface area (Å²) in [4.78, 5) is 0. The van der Waals surface area contributed by atoms with Crippen LogP contribution in [0, 0.1) is 6.92 Å². The molecule has 0 saturated heterocycles. The van der Waals surface area contributed by atoms with Gasteiger partial charge in [0.2, 0.25) is 0 Å². The fraction of sp³-hybridized carbons (Fsp3) is 0.357. The lowest BCUT2D eigenvalue weighted by Gasteiger charge is -2.33. The van der Waals surface area contributed by atoms with E-state index in [4.69, 9.17) is 23.2 Å². The fourth-order valence-electron chi connectivity index (χ4n) is 2.64. The zero-order valence-corrected chi connectivity index (χ0v) is 13.0. The molecular formula is C14H12Cl2F3N3. The second-order valence-electron chi connectivity index (χ2n) is 5.28. The van der Waals surface area contributed by atoms with E-state index in [1.54, 1.807) is 31.2 Å². The van der Waals surface area contributed by atoms with Gasteiger partial charge in [0, 0.05) is 12.5 Å². The summed E-state index contributed by atoms with van der Waals surface area (Å²) in [6.07, 6.45) is -4.53. The number of hydrogen-bond donors (Lipinski definition) is 1. The molecule has 0 aliphatic carbocycles. The highest BCUT2D eigenvalue weighted by atomic mass is 35.5. The van der Waals surface area contributed by atoms with E-state index in [9.17, 15) is 13.2 Å². The fourth-order valence-corrected chi connectivity index (χ4v) is 2.95. The summed E-state index contributed by atoms with van der Waals surface area (Å²) in [5.74, 6) is 0.349. The summed E-state index contributed by atoms with van der Waals surface area (Å²) in [6, 6.07) is 4.27. The Morgan fingerprint density at radius 2 is 1.95 bits per heavy atom. The number of anilines is 1. The number of aryl methyl sites for hydroxylation is 1. The van der Waals surface area contributed by atoms with E-state index < -0.39 is 18.3 Å². The van der Waals surface area contributed by atoms with Gasteiger partial charge in [0.05, 0.1) is 21.8 Å². The minimum atomic E-state index is -4.37. The first-order valence-electron chi connectivity index (χ1n) is 6.60. The van der Waals surface area contributed by atoms with E-state index in [1.165, 1.54) is 0 Å². The van der Waals surface area contributed by atoms with Crippen LogP contribution in [-0.4, -0.2) is 16.0 Å². The molecule has 8 heteroatoms. The SMILES string of the molecule is Cc1cc2n(n1)[C@H](C(F)(F)F)C[C@@H](c1ccc(Cl)c(Cl)c1)N2. The topological polar surface area (TPSA) is 29.9 Å². The van der Waals surface area contributed by atoms with E-state index in [0.29, 0.717) is 27.1 Å². The van der Waals surface area contributed by atoms with Gasteiger partial charge in [0.1, 0.15) is 5.82 Å². The van der Waals surface area contributed by atoms with Gasteiger partial charge < -0.3 is 5.32 Å². The molecule has 2 atom stereocenters. The lowest BCUT2D eigenvalue weighted by molar-refractivity contribution is -0.173. The average molecular weight is 350 g/mol. The van der Waals surface area contributed by atoms with Gasteiger partial charge in [-0.3, -0.25) is 0 Å². The van der Waals surface area contributed by atoms with Crippen molar-refractivity contribution in [3.05, 3.63) is 45.6 Å². The van der Waals surface area contributed by atoms with Crippen molar-refractivity contribution in [1.29, 1.82) is 0 Å². The number of nitrogens with one attached hydrogen (secondary N) is 1. The molecule has 1 aromatic carbocycles. The Morgan fingerprint density at radius 3 is 2.59 bits per heavy atom. The van der Waals surface area contributed by atoms with Crippen LogP contribution >= 0.6 is 23.2 Å². The van der Waals surface area contributed by atoms with Crippen LogP contribution in [-0.2, 0) is 0 Å². The summed E-state index contributed by atoms with van der Waals surface area (Å²) in [5.41, 5.74) is 1.19. The summed E-state index contributed by atoms with van der Waals surface area (Å²) in [5, 5.41) is 7.72.